The van der Waals surface area contributed by atoms with Crippen LogP contribution in [-0.4, -0.2) is 25.4 Å². The van der Waals surface area contributed by atoms with Crippen molar-refractivity contribution in [2.75, 3.05) is 0 Å². The molecule has 0 amide bonds. The summed E-state index contributed by atoms with van der Waals surface area (Å²) in [7, 11) is -1.76. The second-order valence-corrected chi connectivity index (χ2v) is 14.0. The fourth-order valence-corrected chi connectivity index (χ4v) is 9.74. The van der Waals surface area contributed by atoms with Gasteiger partial charge in [0.05, 0.1) is 5.69 Å². The summed E-state index contributed by atoms with van der Waals surface area (Å²) in [6.07, 6.45) is 0.500. The van der Waals surface area contributed by atoms with E-state index < -0.39 is 8.07 Å². The minimum Gasteiger partial charge on any atom is -0.351 e. The van der Waals surface area contributed by atoms with Crippen LogP contribution in [0.5, 0.6) is 0 Å². The van der Waals surface area contributed by atoms with Gasteiger partial charge in [0.15, 0.2) is 0 Å². The summed E-state index contributed by atoms with van der Waals surface area (Å²) in [5.41, 5.74) is 11.0. The highest BCUT2D eigenvalue weighted by atomic mass is 28.3. The maximum Gasteiger partial charge on any atom is 0.373 e. The van der Waals surface area contributed by atoms with Crippen LogP contribution in [0.4, 0.5) is 4.39 Å². The van der Waals surface area contributed by atoms with Gasteiger partial charge in [0.25, 0.3) is 0 Å². The number of nitrogens with one attached hydrogen (secondary N) is 1. The molecule has 0 radical (unpaired) electrons. The van der Waals surface area contributed by atoms with Crippen molar-refractivity contribution in [2.45, 2.75) is 72.0 Å². The van der Waals surface area contributed by atoms with Crippen LogP contribution >= 0.6 is 0 Å². The molecule has 0 atom stereocenters. The van der Waals surface area contributed by atoms with E-state index in [1.807, 2.05) is 12.1 Å². The summed E-state index contributed by atoms with van der Waals surface area (Å²) in [6.45, 7) is 18.2. The molecule has 0 saturated heterocycles. The lowest BCUT2D eigenvalue weighted by molar-refractivity contribution is -0.193. The monoisotopic (exact) mass is 457 g/mol. The zero-order valence-corrected chi connectivity index (χ0v) is 21.1. The minimum atomic E-state index is -1.76. The van der Waals surface area contributed by atoms with Crippen molar-refractivity contribution in [3.05, 3.63) is 47.0 Å². The predicted molar refractivity (Wildman–Crippen MR) is 124 cm³/mol. The molecule has 1 heterocycles. The van der Waals surface area contributed by atoms with E-state index in [1.165, 1.54) is 12.1 Å². The van der Waals surface area contributed by atoms with E-state index in [2.05, 4.69) is 71.8 Å². The Kier molecular flexibility index (Phi) is 12.1. The second kappa shape index (κ2) is 13.4. The van der Waals surface area contributed by atoms with E-state index in [4.69, 9.17) is 19.2 Å². The molecule has 1 aromatic heterocycles. The van der Waals surface area contributed by atoms with E-state index in [-0.39, 0.29) is 18.1 Å². The average Bonchev–Trinajstić information content (AvgIpc) is 2.97. The zero-order valence-electron chi connectivity index (χ0n) is 20.1. The molecule has 1 N–H and O–H groups in total. The van der Waals surface area contributed by atoms with Gasteiger partial charge in [0.1, 0.15) is 13.9 Å². The third-order valence-electron chi connectivity index (χ3n) is 5.84. The first-order chi connectivity index (χ1) is 14.9. The third kappa shape index (κ3) is 7.00. The van der Waals surface area contributed by atoms with Gasteiger partial charge in [-0.05, 0) is 53.7 Å². The first-order valence-corrected chi connectivity index (χ1v) is 12.6. The number of halogens is 1. The largest absolute Gasteiger partial charge is 0.373 e. The van der Waals surface area contributed by atoms with Crippen molar-refractivity contribution in [1.82, 2.24) is 4.98 Å². The van der Waals surface area contributed by atoms with E-state index in [0.29, 0.717) is 16.6 Å². The molecule has 2 aromatic rings. The van der Waals surface area contributed by atoms with Crippen LogP contribution in [0.2, 0.25) is 16.6 Å². The molecule has 7 heteroatoms. The molecular formula is C25H32FNO4Si. The number of aromatic nitrogens is 1. The number of benzene rings is 1. The maximum atomic E-state index is 13.3. The van der Waals surface area contributed by atoms with Crippen molar-refractivity contribution < 1.29 is 23.6 Å². The van der Waals surface area contributed by atoms with E-state index in [0.717, 1.165) is 28.1 Å². The van der Waals surface area contributed by atoms with Gasteiger partial charge >= 0.3 is 12.3 Å². The summed E-state index contributed by atoms with van der Waals surface area (Å²) >= 11 is 0. The van der Waals surface area contributed by atoms with Crippen molar-refractivity contribution in [2.24, 2.45) is 0 Å². The Bertz CT molecular complexity index is 965. The normalized spacial score (nSPS) is 10.2. The van der Waals surface area contributed by atoms with Crippen LogP contribution in [0, 0.1) is 31.1 Å². The van der Waals surface area contributed by atoms with E-state index >= 15 is 0 Å². The van der Waals surface area contributed by atoms with Crippen LogP contribution < -0.4 is 0 Å². The lowest BCUT2D eigenvalue weighted by atomic mass is 10.0. The highest BCUT2D eigenvalue weighted by Gasteiger charge is 2.41. The maximum absolute atomic E-state index is 13.3. The highest BCUT2D eigenvalue weighted by Crippen LogP contribution is 2.41. The molecule has 1 aromatic carbocycles. The van der Waals surface area contributed by atoms with Crippen LogP contribution in [-0.2, 0) is 19.2 Å². The Morgan fingerprint density at radius 2 is 1.22 bits per heavy atom. The smallest absolute Gasteiger partial charge is 0.351 e. The van der Waals surface area contributed by atoms with Gasteiger partial charge in [-0.15, -0.1) is 5.54 Å². The van der Waals surface area contributed by atoms with E-state index in [9.17, 15) is 4.39 Å². The number of hydrogen-bond donors (Lipinski definition) is 1. The lowest BCUT2D eigenvalue weighted by Crippen LogP contribution is -2.43. The first-order valence-electron chi connectivity index (χ1n) is 10.4. The van der Waals surface area contributed by atoms with Crippen molar-refractivity contribution in [3.63, 3.8) is 0 Å². The molecule has 172 valence electrons. The van der Waals surface area contributed by atoms with Gasteiger partial charge in [-0.3, -0.25) is 0 Å². The molecule has 0 unspecified atom stereocenters. The Balaban J connectivity index is 0.00000144. The van der Waals surface area contributed by atoms with Crippen molar-refractivity contribution >= 4 is 20.4 Å². The summed E-state index contributed by atoms with van der Waals surface area (Å²) in [6, 6.07) is 6.71. The molecule has 5 nitrogen and oxygen atoms in total. The number of H-pyrrole nitrogens is 1. The van der Waals surface area contributed by atoms with Gasteiger partial charge in [0, 0.05) is 11.3 Å². The number of rotatable bonds is 4. The van der Waals surface area contributed by atoms with Gasteiger partial charge in [-0.25, -0.2) is 4.39 Å². The zero-order chi connectivity index (χ0) is 25.1. The fourth-order valence-electron chi connectivity index (χ4n) is 4.53. The highest BCUT2D eigenvalue weighted by molar-refractivity contribution is 6.90. The predicted octanol–water partition coefficient (Wildman–Crippen LogP) is 5.84. The summed E-state index contributed by atoms with van der Waals surface area (Å²) < 4.78 is 13.3. The average molecular weight is 458 g/mol. The Morgan fingerprint density at radius 3 is 1.59 bits per heavy atom. The first kappa shape index (κ1) is 29.0. The van der Waals surface area contributed by atoms with Crippen LogP contribution in [0.1, 0.15) is 58.5 Å². The molecule has 0 spiro atoms. The Morgan fingerprint density at radius 1 is 0.812 bits per heavy atom. The van der Waals surface area contributed by atoms with Crippen molar-refractivity contribution in [1.29, 1.82) is 0 Å². The molecule has 0 aliphatic carbocycles. The third-order valence-corrected chi connectivity index (χ3v) is 12.1. The molecule has 32 heavy (non-hydrogen) atoms. The second-order valence-electron chi connectivity index (χ2n) is 8.45. The Hall–Kier alpha value is -3.03. The molecule has 0 aliphatic heterocycles. The molecule has 2 rings (SSSR count). The molecule has 0 aliphatic rings. The quantitative estimate of drug-likeness (QED) is 0.462. The summed E-state index contributed by atoms with van der Waals surface area (Å²) in [4.78, 5) is 36.0. The molecule has 0 bridgehead atoms. The van der Waals surface area contributed by atoms with Crippen LogP contribution in [0.15, 0.2) is 24.3 Å². The summed E-state index contributed by atoms with van der Waals surface area (Å²) in [5, 5.41) is 0. The number of hydrogen-bond acceptors (Lipinski definition) is 4. The van der Waals surface area contributed by atoms with E-state index in [1.54, 1.807) is 0 Å². The van der Waals surface area contributed by atoms with Gasteiger partial charge in [0.2, 0.25) is 0 Å². The van der Waals surface area contributed by atoms with Crippen LogP contribution in [0.3, 0.4) is 0 Å². The molecule has 0 saturated carbocycles. The van der Waals surface area contributed by atoms with Gasteiger partial charge < -0.3 is 4.98 Å². The number of carbonyl (C=O) groups excluding carboxylic acids is 4. The molecule has 0 fully saturated rings. The van der Waals surface area contributed by atoms with Crippen molar-refractivity contribution in [3.8, 4) is 22.6 Å². The van der Waals surface area contributed by atoms with Crippen LogP contribution in [0.25, 0.3) is 11.1 Å². The molecular weight excluding hydrogens is 425 g/mol. The Labute approximate surface area is 190 Å². The lowest BCUT2D eigenvalue weighted by Gasteiger charge is -2.38. The van der Waals surface area contributed by atoms with Gasteiger partial charge in [-0.1, -0.05) is 59.6 Å². The standard InChI is InChI=1S/C23H32FNSi.2CO2/c1-15(2)26(16(3)4,17(5)6)14-13-22-18(7)23(19(8)25-22)20-9-11-21(24)12-10-20;2*2-1-3/h9-12,15-17,25H,1-8H3;;. The SMILES string of the molecule is Cc1[nH]c(C#C[Si](C(C)C)(C(C)C)C(C)C)c(C)c1-c1ccc(F)cc1.O=C=O.O=C=O. The number of aryl methyl sites for hydroxylation is 1. The topological polar surface area (TPSA) is 84.1 Å². The van der Waals surface area contributed by atoms with Gasteiger partial charge in [-0.2, -0.15) is 19.2 Å². The summed E-state index contributed by atoms with van der Waals surface area (Å²) in [5.74, 6) is 3.32. The number of aromatic amines is 1. The fraction of sp³-hybridized carbons (Fsp3) is 0.440. The minimum absolute atomic E-state index is 0.207.